The quantitative estimate of drug-likeness (QED) is 0.134. The van der Waals surface area contributed by atoms with Crippen LogP contribution in [0.15, 0.2) is 72.9 Å². The Kier molecular flexibility index (Phi) is 3.44. The largest absolute Gasteiger partial charge is 0.307 e. The molecule has 0 saturated carbocycles. The lowest BCUT2D eigenvalue weighted by Crippen LogP contribution is -2.29. The van der Waals surface area contributed by atoms with Crippen molar-refractivity contribution < 1.29 is 4.57 Å². The summed E-state index contributed by atoms with van der Waals surface area (Å²) in [5.41, 5.74) is 8.05. The molecular formula is C31H27N2+. The Balaban J connectivity index is 1.89. The van der Waals surface area contributed by atoms with Crippen LogP contribution >= 0.6 is 0 Å². The van der Waals surface area contributed by atoms with E-state index in [9.17, 15) is 0 Å². The van der Waals surface area contributed by atoms with Crippen LogP contribution < -0.4 is 4.57 Å². The summed E-state index contributed by atoms with van der Waals surface area (Å²) in [4.78, 5) is 0. The molecule has 3 aromatic heterocycles. The molecule has 33 heavy (non-hydrogen) atoms. The number of hydrogen-bond donors (Lipinski definition) is 0. The number of aromatic nitrogens is 2. The van der Waals surface area contributed by atoms with Crippen LogP contribution in [0.2, 0.25) is 0 Å². The van der Waals surface area contributed by atoms with Crippen LogP contribution in [0, 0.1) is 6.92 Å². The number of pyridine rings is 2. The number of fused-ring (bicyclic) bond motifs is 7. The van der Waals surface area contributed by atoms with E-state index >= 15 is 0 Å². The van der Waals surface area contributed by atoms with Gasteiger partial charge in [0.25, 0.3) is 0 Å². The molecule has 2 nitrogen and oxygen atoms in total. The van der Waals surface area contributed by atoms with E-state index in [2.05, 4.69) is 117 Å². The maximum absolute atomic E-state index is 2.55. The van der Waals surface area contributed by atoms with Crippen LogP contribution in [0.1, 0.15) is 31.9 Å². The highest BCUT2D eigenvalue weighted by atomic mass is 15.0. The molecule has 0 unspecified atom stereocenters. The van der Waals surface area contributed by atoms with Crippen molar-refractivity contribution in [1.29, 1.82) is 0 Å². The highest BCUT2D eigenvalue weighted by molar-refractivity contribution is 6.28. The molecule has 0 aliphatic rings. The fraction of sp³-hybridized carbons (Fsp3) is 0.194. The minimum atomic E-state index is 0.0831. The summed E-state index contributed by atoms with van der Waals surface area (Å²) in [5, 5.41) is 9.25. The first-order valence-corrected chi connectivity index (χ1v) is 11.8. The lowest BCUT2D eigenvalue weighted by molar-refractivity contribution is -0.643. The van der Waals surface area contributed by atoms with Gasteiger partial charge < -0.3 is 4.40 Å². The van der Waals surface area contributed by atoms with Crippen molar-refractivity contribution in [3.63, 3.8) is 0 Å². The van der Waals surface area contributed by atoms with Gasteiger partial charge in [0.1, 0.15) is 7.05 Å². The summed E-state index contributed by atoms with van der Waals surface area (Å²) < 4.78 is 4.85. The Hall–Kier alpha value is -3.65. The van der Waals surface area contributed by atoms with Crippen LogP contribution in [0.5, 0.6) is 0 Å². The third-order valence-electron chi connectivity index (χ3n) is 7.55. The lowest BCUT2D eigenvalue weighted by Gasteiger charge is -2.22. The van der Waals surface area contributed by atoms with Gasteiger partial charge in [0, 0.05) is 16.8 Å². The molecule has 0 radical (unpaired) electrons. The van der Waals surface area contributed by atoms with Crippen LogP contribution in [0.25, 0.3) is 59.8 Å². The fourth-order valence-corrected chi connectivity index (χ4v) is 5.87. The Labute approximate surface area is 193 Å². The molecule has 160 valence electrons. The smallest absolute Gasteiger partial charge is 0.224 e. The summed E-state index contributed by atoms with van der Waals surface area (Å²) in [5.74, 6) is 0. The van der Waals surface area contributed by atoms with E-state index in [1.807, 2.05) is 0 Å². The van der Waals surface area contributed by atoms with Crippen molar-refractivity contribution >= 4 is 59.8 Å². The molecule has 0 aliphatic heterocycles. The maximum atomic E-state index is 2.55. The van der Waals surface area contributed by atoms with E-state index < -0.39 is 0 Å². The fourth-order valence-electron chi connectivity index (χ4n) is 5.87. The van der Waals surface area contributed by atoms with Crippen molar-refractivity contribution in [1.82, 2.24) is 4.40 Å². The number of benzene rings is 4. The van der Waals surface area contributed by atoms with Gasteiger partial charge in [-0.25, -0.2) is 4.57 Å². The normalized spacial score (nSPS) is 13.0. The Morgan fingerprint density at radius 1 is 0.727 bits per heavy atom. The Bertz CT molecular complexity index is 1910. The molecule has 7 rings (SSSR count). The first-order chi connectivity index (χ1) is 15.8. The predicted molar refractivity (Wildman–Crippen MR) is 141 cm³/mol. The minimum absolute atomic E-state index is 0.0831. The molecule has 0 saturated heterocycles. The Morgan fingerprint density at radius 3 is 2.24 bits per heavy atom. The van der Waals surface area contributed by atoms with Crippen molar-refractivity contribution in [2.75, 3.05) is 0 Å². The number of hydrogen-bond acceptors (Lipinski definition) is 0. The zero-order valence-corrected chi connectivity index (χ0v) is 19.8. The maximum Gasteiger partial charge on any atom is 0.224 e. The molecule has 3 heterocycles. The topological polar surface area (TPSA) is 8.29 Å². The predicted octanol–water partition coefficient (Wildman–Crippen LogP) is 7.57. The van der Waals surface area contributed by atoms with Crippen molar-refractivity contribution in [2.24, 2.45) is 7.05 Å². The van der Waals surface area contributed by atoms with E-state index in [0.717, 1.165) is 0 Å². The molecule has 4 aromatic carbocycles. The molecule has 2 heteroatoms. The number of aryl methyl sites for hydroxylation is 2. The van der Waals surface area contributed by atoms with Gasteiger partial charge in [0.15, 0.2) is 6.20 Å². The van der Waals surface area contributed by atoms with Gasteiger partial charge in [-0.15, -0.1) is 0 Å². The summed E-state index contributed by atoms with van der Waals surface area (Å²) in [6, 6.07) is 25.2. The average molecular weight is 428 g/mol. The summed E-state index contributed by atoms with van der Waals surface area (Å²) in [6.45, 7) is 9.20. The second-order valence-corrected chi connectivity index (χ2v) is 10.7. The summed E-state index contributed by atoms with van der Waals surface area (Å²) in [6.07, 6.45) is 2.21. The third-order valence-corrected chi connectivity index (χ3v) is 7.55. The van der Waals surface area contributed by atoms with Gasteiger partial charge in [-0.2, -0.15) is 0 Å². The second-order valence-electron chi connectivity index (χ2n) is 10.7. The molecular weight excluding hydrogens is 400 g/mol. The van der Waals surface area contributed by atoms with Crippen LogP contribution in [0.4, 0.5) is 0 Å². The lowest BCUT2D eigenvalue weighted by atomic mass is 9.85. The first-order valence-electron chi connectivity index (χ1n) is 11.8. The zero-order chi connectivity index (χ0) is 22.6. The molecule has 0 bridgehead atoms. The Morgan fingerprint density at radius 2 is 1.48 bits per heavy atom. The van der Waals surface area contributed by atoms with E-state index in [1.165, 1.54) is 70.9 Å². The van der Waals surface area contributed by atoms with Crippen LogP contribution in [0.3, 0.4) is 0 Å². The van der Waals surface area contributed by atoms with E-state index in [4.69, 9.17) is 0 Å². The molecule has 0 fully saturated rings. The summed E-state index contributed by atoms with van der Waals surface area (Å²) >= 11 is 0. The molecule has 0 amide bonds. The monoisotopic (exact) mass is 427 g/mol. The molecule has 0 N–H and O–H groups in total. The molecule has 0 aliphatic carbocycles. The van der Waals surface area contributed by atoms with Gasteiger partial charge in [-0.3, -0.25) is 0 Å². The SMILES string of the molecule is Cc1cc(C(C)(C)C)cc2c1c1c3c(ccc4c5cc6ccccc6cc5n2c43)cc[n+]1C. The van der Waals surface area contributed by atoms with Gasteiger partial charge in [0.05, 0.1) is 27.3 Å². The van der Waals surface area contributed by atoms with E-state index in [1.54, 1.807) is 0 Å². The third kappa shape index (κ3) is 2.36. The van der Waals surface area contributed by atoms with E-state index in [-0.39, 0.29) is 5.41 Å². The minimum Gasteiger partial charge on any atom is -0.307 e. The molecule has 0 spiro atoms. The van der Waals surface area contributed by atoms with Crippen molar-refractivity contribution in [3.05, 3.63) is 84.1 Å². The van der Waals surface area contributed by atoms with Crippen molar-refractivity contribution in [2.45, 2.75) is 33.1 Å². The highest BCUT2D eigenvalue weighted by Gasteiger charge is 2.25. The zero-order valence-electron chi connectivity index (χ0n) is 19.8. The molecule has 0 atom stereocenters. The second kappa shape index (κ2) is 6.02. The van der Waals surface area contributed by atoms with Crippen molar-refractivity contribution in [3.8, 4) is 0 Å². The van der Waals surface area contributed by atoms with Gasteiger partial charge in [-0.1, -0.05) is 63.2 Å². The van der Waals surface area contributed by atoms with Crippen LogP contribution in [-0.2, 0) is 12.5 Å². The summed E-state index contributed by atoms with van der Waals surface area (Å²) in [7, 11) is 2.18. The number of rotatable bonds is 0. The average Bonchev–Trinajstić information content (AvgIpc) is 3.11. The van der Waals surface area contributed by atoms with Gasteiger partial charge in [0.2, 0.25) is 5.52 Å². The van der Waals surface area contributed by atoms with Gasteiger partial charge >= 0.3 is 0 Å². The van der Waals surface area contributed by atoms with Gasteiger partial charge in [-0.05, 0) is 57.8 Å². The van der Waals surface area contributed by atoms with E-state index in [0.29, 0.717) is 0 Å². The van der Waals surface area contributed by atoms with Crippen LogP contribution in [-0.4, -0.2) is 4.40 Å². The standard InChI is InChI=1S/C31H27N2/c1-18-14-22(31(2,3)4)17-26-27(18)30-28-19(12-13-32(30)5)10-11-23-24-15-20-8-6-7-9-21(20)16-25(24)33(26)29(23)28/h6-17H,1-5H3/q+1. The number of nitrogens with zero attached hydrogens (tertiary/aromatic N) is 2. The first kappa shape index (κ1) is 18.9. The highest BCUT2D eigenvalue weighted by Crippen LogP contribution is 2.42. The molecule has 7 aromatic rings.